The fourth-order valence-corrected chi connectivity index (χ4v) is 5.32. The van der Waals surface area contributed by atoms with Crippen LogP contribution in [0, 0.1) is 29.5 Å². The third-order valence-electron chi connectivity index (χ3n) is 6.58. The number of carbonyl (C=O) groups is 1. The van der Waals surface area contributed by atoms with Gasteiger partial charge in [0, 0.05) is 23.3 Å². The molecule has 0 radical (unpaired) electrons. The zero-order valence-corrected chi connectivity index (χ0v) is 15.3. The second-order valence-electron chi connectivity index (χ2n) is 8.05. The Morgan fingerprint density at radius 3 is 2.75 bits per heavy atom. The SMILES string of the molecule is O=C(O)[C@@H]1C2CCC(CC2)C1Cc1cncc(-c2c[nH]c3ncc(F)cc23)n1. The first-order valence-electron chi connectivity index (χ1n) is 9.77. The second kappa shape index (κ2) is 6.65. The van der Waals surface area contributed by atoms with Crippen LogP contribution in [-0.4, -0.2) is 31.0 Å². The van der Waals surface area contributed by atoms with Gasteiger partial charge in [-0.3, -0.25) is 9.78 Å². The lowest BCUT2D eigenvalue weighted by molar-refractivity contribution is -0.152. The zero-order valence-electron chi connectivity index (χ0n) is 15.3. The molecule has 7 heteroatoms. The van der Waals surface area contributed by atoms with Gasteiger partial charge in [-0.15, -0.1) is 0 Å². The van der Waals surface area contributed by atoms with E-state index in [0.717, 1.165) is 36.9 Å². The number of pyridine rings is 1. The lowest BCUT2D eigenvalue weighted by Crippen LogP contribution is -2.45. The molecule has 3 aromatic heterocycles. The van der Waals surface area contributed by atoms with Gasteiger partial charge >= 0.3 is 5.97 Å². The van der Waals surface area contributed by atoms with Crippen LogP contribution in [0.15, 0.2) is 30.9 Å². The van der Waals surface area contributed by atoms with E-state index in [-0.39, 0.29) is 17.8 Å². The smallest absolute Gasteiger partial charge is 0.307 e. The first kappa shape index (κ1) is 17.3. The normalized spacial score (nSPS) is 26.6. The third-order valence-corrected chi connectivity index (χ3v) is 6.58. The minimum atomic E-state index is -0.679. The van der Waals surface area contributed by atoms with Crippen molar-refractivity contribution in [3.63, 3.8) is 0 Å². The Morgan fingerprint density at radius 2 is 1.96 bits per heavy atom. The van der Waals surface area contributed by atoms with Crippen LogP contribution in [0.5, 0.6) is 0 Å². The van der Waals surface area contributed by atoms with E-state index in [1.165, 1.54) is 12.3 Å². The molecule has 3 saturated carbocycles. The van der Waals surface area contributed by atoms with E-state index >= 15 is 0 Å². The zero-order chi connectivity index (χ0) is 19.3. The van der Waals surface area contributed by atoms with Crippen LogP contribution in [0.3, 0.4) is 0 Å². The Labute approximate surface area is 161 Å². The number of carboxylic acids is 1. The van der Waals surface area contributed by atoms with Crippen molar-refractivity contribution in [3.8, 4) is 11.3 Å². The van der Waals surface area contributed by atoms with Gasteiger partial charge in [-0.05, 0) is 55.9 Å². The van der Waals surface area contributed by atoms with Gasteiger partial charge in [-0.1, -0.05) is 0 Å². The fraction of sp³-hybridized carbons (Fsp3) is 0.429. The van der Waals surface area contributed by atoms with E-state index in [2.05, 4.69) is 15.0 Å². The predicted octanol–water partition coefficient (Wildman–Crippen LogP) is 3.84. The number of H-pyrrole nitrogens is 1. The highest BCUT2D eigenvalue weighted by Gasteiger charge is 2.47. The van der Waals surface area contributed by atoms with Crippen molar-refractivity contribution in [3.05, 3.63) is 42.4 Å². The Morgan fingerprint density at radius 1 is 1.18 bits per heavy atom. The molecule has 1 unspecified atom stereocenters. The highest BCUT2D eigenvalue weighted by atomic mass is 19.1. The number of fused-ring (bicyclic) bond motifs is 4. The number of hydrogen-bond donors (Lipinski definition) is 2. The van der Waals surface area contributed by atoms with Gasteiger partial charge < -0.3 is 10.1 Å². The molecule has 3 aliphatic carbocycles. The summed E-state index contributed by atoms with van der Waals surface area (Å²) in [6.45, 7) is 0. The monoisotopic (exact) mass is 380 g/mol. The molecule has 0 saturated heterocycles. The topological polar surface area (TPSA) is 91.8 Å². The molecule has 28 heavy (non-hydrogen) atoms. The van der Waals surface area contributed by atoms with Crippen LogP contribution in [0.25, 0.3) is 22.3 Å². The first-order valence-corrected chi connectivity index (χ1v) is 9.77. The molecule has 6 nitrogen and oxygen atoms in total. The van der Waals surface area contributed by atoms with Crippen LogP contribution in [0.4, 0.5) is 4.39 Å². The maximum Gasteiger partial charge on any atom is 0.307 e. The van der Waals surface area contributed by atoms with Crippen LogP contribution in [-0.2, 0) is 11.2 Å². The lowest BCUT2D eigenvalue weighted by atomic mass is 9.57. The van der Waals surface area contributed by atoms with E-state index in [4.69, 9.17) is 4.98 Å². The van der Waals surface area contributed by atoms with Crippen LogP contribution in [0.1, 0.15) is 31.4 Å². The third kappa shape index (κ3) is 2.85. The van der Waals surface area contributed by atoms with Crippen LogP contribution >= 0.6 is 0 Å². The maximum absolute atomic E-state index is 13.6. The number of nitrogens with zero attached hydrogens (tertiary/aromatic N) is 3. The number of rotatable bonds is 4. The molecule has 0 aliphatic heterocycles. The van der Waals surface area contributed by atoms with Gasteiger partial charge in [-0.25, -0.2) is 14.4 Å². The van der Waals surface area contributed by atoms with Crippen molar-refractivity contribution in [2.24, 2.45) is 23.7 Å². The van der Waals surface area contributed by atoms with Crippen LogP contribution < -0.4 is 0 Å². The number of halogens is 1. The van der Waals surface area contributed by atoms with E-state index in [1.807, 2.05) is 0 Å². The first-order chi connectivity index (χ1) is 13.6. The summed E-state index contributed by atoms with van der Waals surface area (Å²) in [6.07, 6.45) is 11.2. The highest BCUT2D eigenvalue weighted by Crippen LogP contribution is 2.50. The summed E-state index contributed by atoms with van der Waals surface area (Å²) < 4.78 is 13.6. The predicted molar refractivity (Wildman–Crippen MR) is 101 cm³/mol. The van der Waals surface area contributed by atoms with Crippen molar-refractivity contribution in [2.45, 2.75) is 32.1 Å². The molecular formula is C21H21FN4O2. The van der Waals surface area contributed by atoms with Crippen LogP contribution in [0.2, 0.25) is 0 Å². The number of nitrogens with one attached hydrogen (secondary N) is 1. The summed E-state index contributed by atoms with van der Waals surface area (Å²) in [5, 5.41) is 10.4. The molecule has 2 atom stereocenters. The molecule has 2 N–H and O–H groups in total. The molecule has 3 aromatic rings. The molecule has 3 heterocycles. The van der Waals surface area contributed by atoms with E-state index < -0.39 is 11.8 Å². The molecule has 6 rings (SSSR count). The quantitative estimate of drug-likeness (QED) is 0.717. The number of hydrogen-bond acceptors (Lipinski definition) is 4. The molecular weight excluding hydrogens is 359 g/mol. The van der Waals surface area contributed by atoms with E-state index in [9.17, 15) is 14.3 Å². The Bertz CT molecular complexity index is 1040. The summed E-state index contributed by atoms with van der Waals surface area (Å²) >= 11 is 0. The van der Waals surface area contributed by atoms with Gasteiger partial charge in [0.2, 0.25) is 0 Å². The molecule has 0 aromatic carbocycles. The van der Waals surface area contributed by atoms with Crippen molar-refractivity contribution in [1.82, 2.24) is 19.9 Å². The Hall–Kier alpha value is -2.83. The van der Waals surface area contributed by atoms with Gasteiger partial charge in [0.1, 0.15) is 11.5 Å². The summed E-state index contributed by atoms with van der Waals surface area (Å²) in [7, 11) is 0. The fourth-order valence-electron chi connectivity index (χ4n) is 5.32. The number of aromatic amines is 1. The van der Waals surface area contributed by atoms with E-state index in [0.29, 0.717) is 29.1 Å². The van der Waals surface area contributed by atoms with Gasteiger partial charge in [0.05, 0.1) is 29.7 Å². The van der Waals surface area contributed by atoms with Gasteiger partial charge in [0.15, 0.2) is 0 Å². The molecule has 2 bridgehead atoms. The van der Waals surface area contributed by atoms with Crippen molar-refractivity contribution in [1.29, 1.82) is 0 Å². The molecule has 3 aliphatic rings. The molecule has 144 valence electrons. The Kier molecular flexibility index (Phi) is 4.10. The molecule has 0 spiro atoms. The van der Waals surface area contributed by atoms with Gasteiger partial charge in [-0.2, -0.15) is 0 Å². The van der Waals surface area contributed by atoms with Gasteiger partial charge in [0.25, 0.3) is 0 Å². The molecule has 0 amide bonds. The summed E-state index contributed by atoms with van der Waals surface area (Å²) in [6, 6.07) is 1.43. The van der Waals surface area contributed by atoms with Crippen molar-refractivity contribution >= 4 is 17.0 Å². The molecule has 3 fully saturated rings. The second-order valence-corrected chi connectivity index (χ2v) is 8.05. The van der Waals surface area contributed by atoms with Crippen molar-refractivity contribution in [2.75, 3.05) is 0 Å². The standard InChI is InChI=1S/C21H21FN4O2/c22-13-5-16-17(9-25-20(16)24-7-13)18-10-23-8-14(26-18)6-15-11-1-3-12(4-2-11)19(15)21(27)28/h5,7-12,15,19H,1-4,6H2,(H,24,25)(H,27,28)/t11?,12?,15?,19-/m1/s1. The summed E-state index contributed by atoms with van der Waals surface area (Å²) in [4.78, 5) is 28.1. The minimum absolute atomic E-state index is 0.108. The Balaban J connectivity index is 1.47. The number of carboxylic acid groups (broad SMARTS) is 1. The van der Waals surface area contributed by atoms with E-state index in [1.54, 1.807) is 18.6 Å². The summed E-state index contributed by atoms with van der Waals surface area (Å²) in [5.74, 6) is -0.531. The van der Waals surface area contributed by atoms with Crippen molar-refractivity contribution < 1.29 is 14.3 Å². The number of aliphatic carboxylic acids is 1. The average Bonchev–Trinajstić information content (AvgIpc) is 3.12. The average molecular weight is 380 g/mol. The largest absolute Gasteiger partial charge is 0.481 e. The maximum atomic E-state index is 13.6. The lowest BCUT2D eigenvalue weighted by Gasteiger charge is -2.46. The minimum Gasteiger partial charge on any atom is -0.481 e. The summed E-state index contributed by atoms with van der Waals surface area (Å²) in [5.41, 5.74) is 2.78. The number of aromatic nitrogens is 4. The highest BCUT2D eigenvalue weighted by molar-refractivity contribution is 5.92.